The first kappa shape index (κ1) is 15.7. The molecule has 3 heterocycles. The van der Waals surface area contributed by atoms with E-state index in [1.807, 2.05) is 0 Å². The van der Waals surface area contributed by atoms with E-state index >= 15 is 4.39 Å². The van der Waals surface area contributed by atoms with E-state index < -0.39 is 30.2 Å². The Kier molecular flexibility index (Phi) is 3.32. The van der Waals surface area contributed by atoms with Gasteiger partial charge in [-0.15, -0.1) is 0 Å². The highest BCUT2D eigenvalue weighted by Gasteiger charge is 2.63. The maximum atomic E-state index is 15.3. The van der Waals surface area contributed by atoms with Gasteiger partial charge in [-0.25, -0.2) is 19.3 Å². The summed E-state index contributed by atoms with van der Waals surface area (Å²) in [5, 5.41) is 23.1. The Morgan fingerprint density at radius 3 is 2.75 bits per heavy atom. The molecule has 0 amide bonds. The lowest BCUT2D eigenvalue weighted by molar-refractivity contribution is -0.0891. The van der Waals surface area contributed by atoms with Crippen LogP contribution in [0.15, 0.2) is 12.7 Å². The van der Waals surface area contributed by atoms with Crippen molar-refractivity contribution in [2.45, 2.75) is 56.3 Å². The lowest BCUT2D eigenvalue weighted by Gasteiger charge is -2.32. The van der Waals surface area contributed by atoms with Gasteiger partial charge in [0.15, 0.2) is 28.9 Å². The van der Waals surface area contributed by atoms with Crippen LogP contribution in [0.1, 0.15) is 32.9 Å². The molecule has 24 heavy (non-hydrogen) atoms. The summed E-state index contributed by atoms with van der Waals surface area (Å²) in [5.41, 5.74) is -3.04. The number of hydrogen-bond acceptors (Lipinski definition) is 7. The monoisotopic (exact) mass is 337 g/mol. The second-order valence-electron chi connectivity index (χ2n) is 6.85. The van der Waals surface area contributed by atoms with Gasteiger partial charge < -0.3 is 20.3 Å². The molecule has 0 bridgehead atoms. The molecule has 130 valence electrons. The third kappa shape index (κ3) is 2.11. The molecule has 9 heteroatoms. The summed E-state index contributed by atoms with van der Waals surface area (Å²) < 4.78 is 22.3. The zero-order valence-electron chi connectivity index (χ0n) is 13.5. The van der Waals surface area contributed by atoms with Gasteiger partial charge in [-0.1, -0.05) is 0 Å². The molecule has 1 aliphatic carbocycles. The molecule has 4 rings (SSSR count). The third-order valence-corrected chi connectivity index (χ3v) is 5.07. The number of anilines is 1. The molecule has 1 saturated heterocycles. The van der Waals surface area contributed by atoms with Crippen molar-refractivity contribution >= 4 is 17.0 Å². The van der Waals surface area contributed by atoms with Crippen molar-refractivity contribution in [2.75, 3.05) is 11.9 Å². The quantitative estimate of drug-likeness (QED) is 0.757. The highest BCUT2D eigenvalue weighted by molar-refractivity contribution is 5.83. The number of aliphatic hydroxyl groups is 2. The van der Waals surface area contributed by atoms with Gasteiger partial charge in [0.05, 0.1) is 12.9 Å². The fraction of sp³-hybridized carbons (Fsp3) is 0.667. The van der Waals surface area contributed by atoms with Crippen LogP contribution in [0.25, 0.3) is 11.2 Å². The van der Waals surface area contributed by atoms with Crippen LogP contribution in [0, 0.1) is 0 Å². The fourth-order valence-corrected chi connectivity index (χ4v) is 3.08. The van der Waals surface area contributed by atoms with Gasteiger partial charge in [0, 0.05) is 6.04 Å². The van der Waals surface area contributed by atoms with Crippen LogP contribution >= 0.6 is 0 Å². The number of aromatic nitrogens is 4. The van der Waals surface area contributed by atoms with Gasteiger partial charge in [0.2, 0.25) is 0 Å². The molecule has 2 fully saturated rings. The highest BCUT2D eigenvalue weighted by Crippen LogP contribution is 2.48. The van der Waals surface area contributed by atoms with Crippen molar-refractivity contribution in [2.24, 2.45) is 0 Å². The minimum absolute atomic E-state index is 0.391. The lowest BCUT2D eigenvalue weighted by atomic mass is 9.85. The van der Waals surface area contributed by atoms with Crippen molar-refractivity contribution in [3.63, 3.8) is 0 Å². The van der Waals surface area contributed by atoms with E-state index in [9.17, 15) is 10.2 Å². The first-order valence-electron chi connectivity index (χ1n) is 7.98. The standard InChI is InChI=1S/C15H20FN5O3/c1-14(16)13(24-9(5-22)15(14,2)23)21-7-19-10-11(20-8-3-4-8)17-6-18-12(10)21/h6-9,13,22-23H,3-5H2,1-2H3,(H,17,18,20)/t9-,13+,14+,15+/m1/s1. The summed E-state index contributed by atoms with van der Waals surface area (Å²) in [6, 6.07) is 0.391. The summed E-state index contributed by atoms with van der Waals surface area (Å²) in [5.74, 6) is 0.602. The normalized spacial score (nSPS) is 36.4. The molecule has 1 aliphatic heterocycles. The van der Waals surface area contributed by atoms with E-state index in [1.165, 1.54) is 31.1 Å². The van der Waals surface area contributed by atoms with Crippen LogP contribution in [0.2, 0.25) is 0 Å². The Labute approximate surface area is 137 Å². The Hall–Kier alpha value is -1.84. The minimum Gasteiger partial charge on any atom is -0.394 e. The Morgan fingerprint density at radius 1 is 1.38 bits per heavy atom. The van der Waals surface area contributed by atoms with Crippen molar-refractivity contribution in [3.8, 4) is 0 Å². The van der Waals surface area contributed by atoms with Gasteiger partial charge in [-0.2, -0.15) is 0 Å². The van der Waals surface area contributed by atoms with E-state index in [-0.39, 0.29) is 0 Å². The van der Waals surface area contributed by atoms with Crippen molar-refractivity contribution < 1.29 is 19.3 Å². The molecule has 4 atom stereocenters. The Bertz CT molecular complexity index is 774. The molecular weight excluding hydrogens is 317 g/mol. The second kappa shape index (κ2) is 5.08. The molecular formula is C15H20FN5O3. The Balaban J connectivity index is 1.77. The van der Waals surface area contributed by atoms with E-state index in [2.05, 4.69) is 20.3 Å². The molecule has 8 nitrogen and oxygen atoms in total. The van der Waals surface area contributed by atoms with Crippen LogP contribution in [0.3, 0.4) is 0 Å². The number of halogens is 1. The Morgan fingerprint density at radius 2 is 2.12 bits per heavy atom. The average Bonchev–Trinajstić information content (AvgIpc) is 3.21. The minimum atomic E-state index is -2.14. The summed E-state index contributed by atoms with van der Waals surface area (Å²) in [6.07, 6.45) is 2.79. The van der Waals surface area contributed by atoms with E-state index in [1.54, 1.807) is 0 Å². The van der Waals surface area contributed by atoms with Gasteiger partial charge in [-0.3, -0.25) is 4.57 Å². The van der Waals surface area contributed by atoms with E-state index in [0.29, 0.717) is 23.0 Å². The van der Waals surface area contributed by atoms with Crippen molar-refractivity contribution in [1.29, 1.82) is 0 Å². The summed E-state index contributed by atoms with van der Waals surface area (Å²) >= 11 is 0. The molecule has 2 aliphatic rings. The van der Waals surface area contributed by atoms with Crippen LogP contribution in [-0.2, 0) is 4.74 Å². The summed E-state index contributed by atoms with van der Waals surface area (Å²) in [6.45, 7) is 2.09. The van der Waals surface area contributed by atoms with Crippen molar-refractivity contribution in [3.05, 3.63) is 12.7 Å². The molecule has 0 aromatic carbocycles. The molecule has 0 spiro atoms. The number of nitrogens with zero attached hydrogens (tertiary/aromatic N) is 4. The first-order chi connectivity index (χ1) is 11.4. The molecule has 2 aromatic rings. The van der Waals surface area contributed by atoms with Gasteiger partial charge in [-0.05, 0) is 26.7 Å². The second-order valence-corrected chi connectivity index (χ2v) is 6.85. The third-order valence-electron chi connectivity index (χ3n) is 5.07. The molecule has 3 N–H and O–H groups in total. The van der Waals surface area contributed by atoms with Crippen LogP contribution in [0.5, 0.6) is 0 Å². The van der Waals surface area contributed by atoms with Crippen LogP contribution in [-0.4, -0.2) is 59.8 Å². The summed E-state index contributed by atoms with van der Waals surface area (Å²) in [4.78, 5) is 12.7. The lowest BCUT2D eigenvalue weighted by Crippen LogP contribution is -2.51. The predicted molar refractivity (Wildman–Crippen MR) is 83.1 cm³/mol. The van der Waals surface area contributed by atoms with Crippen molar-refractivity contribution in [1.82, 2.24) is 19.5 Å². The predicted octanol–water partition coefficient (Wildman–Crippen LogP) is 0.769. The average molecular weight is 337 g/mol. The van der Waals surface area contributed by atoms with E-state index in [4.69, 9.17) is 4.74 Å². The zero-order valence-corrected chi connectivity index (χ0v) is 13.5. The smallest absolute Gasteiger partial charge is 0.183 e. The SMILES string of the molecule is C[C@]1(O)[C@@H](CO)O[C@H](n2cnc3c(NC4CC4)ncnc32)[C@]1(C)F. The maximum Gasteiger partial charge on any atom is 0.183 e. The first-order valence-corrected chi connectivity index (χ1v) is 7.98. The number of ether oxygens (including phenoxy) is 1. The van der Waals surface area contributed by atoms with Crippen LogP contribution in [0.4, 0.5) is 10.2 Å². The number of hydrogen-bond donors (Lipinski definition) is 3. The topological polar surface area (TPSA) is 105 Å². The fourth-order valence-electron chi connectivity index (χ4n) is 3.08. The van der Waals surface area contributed by atoms with Gasteiger partial charge >= 0.3 is 0 Å². The molecule has 1 saturated carbocycles. The number of aliphatic hydroxyl groups excluding tert-OH is 1. The largest absolute Gasteiger partial charge is 0.394 e. The highest BCUT2D eigenvalue weighted by atomic mass is 19.1. The van der Waals surface area contributed by atoms with Crippen LogP contribution < -0.4 is 5.32 Å². The van der Waals surface area contributed by atoms with Gasteiger partial charge in [0.25, 0.3) is 0 Å². The molecule has 0 radical (unpaired) electrons. The number of fused-ring (bicyclic) bond motifs is 1. The van der Waals surface area contributed by atoms with Gasteiger partial charge in [0.1, 0.15) is 18.0 Å². The number of imidazole rings is 1. The number of alkyl halides is 1. The van der Waals surface area contributed by atoms with E-state index in [0.717, 1.165) is 12.8 Å². The maximum absolute atomic E-state index is 15.3. The molecule has 0 unspecified atom stereocenters. The summed E-state index contributed by atoms with van der Waals surface area (Å²) in [7, 11) is 0. The number of rotatable bonds is 4. The zero-order chi connectivity index (χ0) is 17.1. The molecule has 2 aromatic heterocycles. The number of nitrogens with one attached hydrogen (secondary N) is 1.